The van der Waals surface area contributed by atoms with Crippen molar-refractivity contribution in [1.82, 2.24) is 0 Å². The molecular formula is C18H15F2NO5. The highest BCUT2D eigenvalue weighted by atomic mass is 19.3. The van der Waals surface area contributed by atoms with Crippen molar-refractivity contribution >= 4 is 23.3 Å². The molecule has 2 aromatic carbocycles. The summed E-state index contributed by atoms with van der Waals surface area (Å²) in [5.41, 5.74) is 0.774. The van der Waals surface area contributed by atoms with Crippen molar-refractivity contribution in [3.63, 3.8) is 0 Å². The van der Waals surface area contributed by atoms with Crippen LogP contribution in [0.5, 0.6) is 5.75 Å². The van der Waals surface area contributed by atoms with Gasteiger partial charge in [-0.15, -0.1) is 0 Å². The number of carbonyl (C=O) groups excluding carboxylic acids is 3. The lowest BCUT2D eigenvalue weighted by atomic mass is 10.1. The highest BCUT2D eigenvalue weighted by molar-refractivity contribution is 5.98. The minimum absolute atomic E-state index is 0.0328. The molecule has 1 N–H and O–H groups in total. The number of carbonyl (C=O) groups is 3. The molecule has 0 aliphatic heterocycles. The van der Waals surface area contributed by atoms with Gasteiger partial charge in [0.25, 0.3) is 5.91 Å². The number of amides is 1. The van der Waals surface area contributed by atoms with Gasteiger partial charge >= 0.3 is 12.6 Å². The van der Waals surface area contributed by atoms with Crippen molar-refractivity contribution in [2.24, 2.45) is 0 Å². The number of hydrogen-bond donors (Lipinski definition) is 1. The van der Waals surface area contributed by atoms with Crippen LogP contribution < -0.4 is 10.1 Å². The number of ether oxygens (including phenoxy) is 2. The number of ketones is 1. The fourth-order valence-electron chi connectivity index (χ4n) is 2.03. The highest BCUT2D eigenvalue weighted by Crippen LogP contribution is 2.17. The fraction of sp³-hybridized carbons (Fsp3) is 0.167. The summed E-state index contributed by atoms with van der Waals surface area (Å²) in [5.74, 6) is -1.82. The van der Waals surface area contributed by atoms with Crippen LogP contribution in [-0.2, 0) is 9.53 Å². The predicted molar refractivity (Wildman–Crippen MR) is 88.4 cm³/mol. The van der Waals surface area contributed by atoms with E-state index in [1.165, 1.54) is 31.2 Å². The SMILES string of the molecule is CC(=O)c1cccc(NC(=O)COC(=O)c2cccc(OC(F)F)c2)c1. The summed E-state index contributed by atoms with van der Waals surface area (Å²) in [4.78, 5) is 35.0. The molecule has 0 aromatic heterocycles. The maximum atomic E-state index is 12.2. The summed E-state index contributed by atoms with van der Waals surface area (Å²) in [6, 6.07) is 11.3. The molecule has 0 heterocycles. The van der Waals surface area contributed by atoms with E-state index in [1.807, 2.05) is 0 Å². The van der Waals surface area contributed by atoms with Crippen molar-refractivity contribution in [2.75, 3.05) is 11.9 Å². The van der Waals surface area contributed by atoms with Crippen molar-refractivity contribution in [2.45, 2.75) is 13.5 Å². The molecule has 26 heavy (non-hydrogen) atoms. The molecule has 0 atom stereocenters. The zero-order chi connectivity index (χ0) is 19.1. The molecule has 8 heteroatoms. The number of esters is 1. The van der Waals surface area contributed by atoms with E-state index < -0.39 is 25.1 Å². The summed E-state index contributed by atoms with van der Waals surface area (Å²) in [6.45, 7) is -2.20. The van der Waals surface area contributed by atoms with Gasteiger partial charge in [0.15, 0.2) is 12.4 Å². The quantitative estimate of drug-likeness (QED) is 0.603. The van der Waals surface area contributed by atoms with E-state index in [0.717, 1.165) is 6.07 Å². The molecule has 0 saturated heterocycles. The van der Waals surface area contributed by atoms with E-state index in [1.54, 1.807) is 18.2 Å². The monoisotopic (exact) mass is 363 g/mol. The van der Waals surface area contributed by atoms with Crippen molar-refractivity contribution < 1.29 is 32.6 Å². The summed E-state index contributed by atoms with van der Waals surface area (Å²) >= 11 is 0. The van der Waals surface area contributed by atoms with Crippen molar-refractivity contribution in [3.8, 4) is 5.75 Å². The van der Waals surface area contributed by atoms with E-state index in [-0.39, 0.29) is 17.1 Å². The molecule has 1 amide bonds. The normalized spacial score (nSPS) is 10.3. The van der Waals surface area contributed by atoms with Crippen LogP contribution in [0.2, 0.25) is 0 Å². The Bertz CT molecular complexity index is 823. The first-order valence-electron chi connectivity index (χ1n) is 7.48. The first-order valence-corrected chi connectivity index (χ1v) is 7.48. The van der Waals surface area contributed by atoms with Crippen LogP contribution in [0.4, 0.5) is 14.5 Å². The minimum Gasteiger partial charge on any atom is -0.452 e. The molecular weight excluding hydrogens is 348 g/mol. The number of Topliss-reactive ketones (excluding diaryl/α,β-unsaturated/α-hetero) is 1. The average molecular weight is 363 g/mol. The second-order valence-corrected chi connectivity index (χ2v) is 5.17. The van der Waals surface area contributed by atoms with E-state index >= 15 is 0 Å². The third-order valence-corrected chi connectivity index (χ3v) is 3.18. The molecule has 0 unspecified atom stereocenters. The van der Waals surface area contributed by atoms with Crippen LogP contribution in [0, 0.1) is 0 Å². The van der Waals surface area contributed by atoms with Gasteiger partial charge < -0.3 is 14.8 Å². The Hall–Kier alpha value is -3.29. The topological polar surface area (TPSA) is 81.7 Å². The van der Waals surface area contributed by atoms with Gasteiger partial charge in [-0.2, -0.15) is 8.78 Å². The molecule has 0 saturated carbocycles. The third kappa shape index (κ3) is 5.66. The van der Waals surface area contributed by atoms with E-state index in [4.69, 9.17) is 4.74 Å². The van der Waals surface area contributed by atoms with Crippen molar-refractivity contribution in [3.05, 3.63) is 59.7 Å². The summed E-state index contributed by atoms with van der Waals surface area (Å²) in [6.07, 6.45) is 0. The van der Waals surface area contributed by atoms with Gasteiger partial charge in [-0.25, -0.2) is 4.79 Å². The average Bonchev–Trinajstić information content (AvgIpc) is 2.59. The Labute approximate surface area is 147 Å². The number of halogens is 2. The second-order valence-electron chi connectivity index (χ2n) is 5.17. The zero-order valence-corrected chi connectivity index (χ0v) is 13.7. The molecule has 0 fully saturated rings. The molecule has 0 radical (unpaired) electrons. The number of anilines is 1. The zero-order valence-electron chi connectivity index (χ0n) is 13.7. The first kappa shape index (κ1) is 19.0. The van der Waals surface area contributed by atoms with Crippen LogP contribution in [0.15, 0.2) is 48.5 Å². The summed E-state index contributed by atoms with van der Waals surface area (Å²) in [7, 11) is 0. The Morgan fingerprint density at radius 3 is 2.42 bits per heavy atom. The van der Waals surface area contributed by atoms with E-state index in [2.05, 4.69) is 10.1 Å². The smallest absolute Gasteiger partial charge is 0.387 e. The van der Waals surface area contributed by atoms with Crippen LogP contribution in [-0.4, -0.2) is 30.9 Å². The molecule has 0 spiro atoms. The van der Waals surface area contributed by atoms with Crippen molar-refractivity contribution in [1.29, 1.82) is 0 Å². The van der Waals surface area contributed by atoms with Gasteiger partial charge in [0.2, 0.25) is 0 Å². The standard InChI is InChI=1S/C18H15F2NO5/c1-11(22)12-4-2-6-14(8-12)21-16(23)10-25-17(24)13-5-3-7-15(9-13)26-18(19)20/h2-9,18H,10H2,1H3,(H,21,23). The molecule has 2 rings (SSSR count). The summed E-state index contributed by atoms with van der Waals surface area (Å²) < 4.78 is 33.4. The van der Waals surface area contributed by atoms with Crippen LogP contribution in [0.25, 0.3) is 0 Å². The molecule has 0 bridgehead atoms. The lowest BCUT2D eigenvalue weighted by Gasteiger charge is -2.08. The predicted octanol–water partition coefficient (Wildman–Crippen LogP) is 3.29. The highest BCUT2D eigenvalue weighted by Gasteiger charge is 2.13. The summed E-state index contributed by atoms with van der Waals surface area (Å²) in [5, 5.41) is 2.49. The minimum atomic E-state index is -3.02. The lowest BCUT2D eigenvalue weighted by Crippen LogP contribution is -2.21. The Balaban J connectivity index is 1.92. The number of benzene rings is 2. The number of hydrogen-bond acceptors (Lipinski definition) is 5. The first-order chi connectivity index (χ1) is 12.3. The van der Waals surface area contributed by atoms with Crippen LogP contribution >= 0.6 is 0 Å². The molecule has 0 aliphatic rings. The molecule has 6 nitrogen and oxygen atoms in total. The number of alkyl halides is 2. The van der Waals surface area contributed by atoms with Crippen LogP contribution in [0.3, 0.4) is 0 Å². The maximum absolute atomic E-state index is 12.2. The van der Waals surface area contributed by atoms with Crippen LogP contribution in [0.1, 0.15) is 27.6 Å². The maximum Gasteiger partial charge on any atom is 0.387 e. The Morgan fingerprint density at radius 2 is 1.73 bits per heavy atom. The Morgan fingerprint density at radius 1 is 1.04 bits per heavy atom. The number of nitrogens with one attached hydrogen (secondary N) is 1. The van der Waals surface area contributed by atoms with Gasteiger partial charge in [0.05, 0.1) is 5.56 Å². The van der Waals surface area contributed by atoms with E-state index in [0.29, 0.717) is 11.3 Å². The van der Waals surface area contributed by atoms with Gasteiger partial charge in [-0.05, 0) is 37.3 Å². The molecule has 0 aliphatic carbocycles. The molecule has 2 aromatic rings. The Kier molecular flexibility index (Phi) is 6.37. The van der Waals surface area contributed by atoms with E-state index in [9.17, 15) is 23.2 Å². The number of rotatable bonds is 7. The van der Waals surface area contributed by atoms with Gasteiger partial charge in [0.1, 0.15) is 5.75 Å². The van der Waals surface area contributed by atoms with Gasteiger partial charge in [0, 0.05) is 11.3 Å². The lowest BCUT2D eigenvalue weighted by molar-refractivity contribution is -0.119. The fourth-order valence-corrected chi connectivity index (χ4v) is 2.03. The third-order valence-electron chi connectivity index (χ3n) is 3.18. The second kappa shape index (κ2) is 8.70. The largest absolute Gasteiger partial charge is 0.452 e. The van der Waals surface area contributed by atoms with Gasteiger partial charge in [-0.3, -0.25) is 9.59 Å². The molecule has 136 valence electrons. The van der Waals surface area contributed by atoms with Gasteiger partial charge in [-0.1, -0.05) is 18.2 Å².